The van der Waals surface area contributed by atoms with Gasteiger partial charge in [0.1, 0.15) is 5.75 Å². The largest absolute Gasteiger partial charge is 0.434 e. The first kappa shape index (κ1) is 20.4. The Morgan fingerprint density at radius 3 is 2.60 bits per heavy atom. The van der Waals surface area contributed by atoms with Crippen LogP contribution in [0.5, 0.6) is 17.4 Å². The summed E-state index contributed by atoms with van der Waals surface area (Å²) in [6.45, 7) is 4.10. The fraction of sp³-hybridized carbons (Fsp3) is 0.292. The molecular formula is C24H23ClN2O3. The summed E-state index contributed by atoms with van der Waals surface area (Å²) >= 11 is 6.01. The van der Waals surface area contributed by atoms with Gasteiger partial charge < -0.3 is 9.47 Å². The monoisotopic (exact) mass is 422 g/mol. The summed E-state index contributed by atoms with van der Waals surface area (Å²) in [4.78, 5) is 12.7. The molecule has 154 valence electrons. The molecule has 0 radical (unpaired) electrons. The van der Waals surface area contributed by atoms with Gasteiger partial charge in [0.15, 0.2) is 10.9 Å². The Kier molecular flexibility index (Phi) is 6.00. The van der Waals surface area contributed by atoms with Crippen LogP contribution in [0, 0.1) is 6.92 Å². The average molecular weight is 423 g/mol. The predicted octanol–water partition coefficient (Wildman–Crippen LogP) is 6.28. The van der Waals surface area contributed by atoms with Crippen LogP contribution >= 0.6 is 11.6 Å². The maximum atomic E-state index is 12.7. The summed E-state index contributed by atoms with van der Waals surface area (Å²) < 4.78 is 11.7. The van der Waals surface area contributed by atoms with E-state index in [-0.39, 0.29) is 16.8 Å². The number of rotatable bonds is 7. The van der Waals surface area contributed by atoms with Gasteiger partial charge in [-0.25, -0.2) is 4.79 Å². The van der Waals surface area contributed by atoms with Crippen molar-refractivity contribution < 1.29 is 14.3 Å². The summed E-state index contributed by atoms with van der Waals surface area (Å²) in [6.07, 6.45) is 4.30. The lowest BCUT2D eigenvalue weighted by Gasteiger charge is -2.15. The zero-order valence-electron chi connectivity index (χ0n) is 17.0. The molecule has 1 saturated carbocycles. The van der Waals surface area contributed by atoms with Crippen LogP contribution in [0.1, 0.15) is 59.2 Å². The lowest BCUT2D eigenvalue weighted by molar-refractivity contribution is 0.0729. The van der Waals surface area contributed by atoms with Gasteiger partial charge in [-0.05, 0) is 60.9 Å². The van der Waals surface area contributed by atoms with Gasteiger partial charge in [0.2, 0.25) is 0 Å². The quantitative estimate of drug-likeness (QED) is 0.419. The third kappa shape index (κ3) is 4.62. The first-order valence-electron chi connectivity index (χ1n) is 10.2. The van der Waals surface area contributed by atoms with Gasteiger partial charge in [0, 0.05) is 6.07 Å². The zero-order chi connectivity index (χ0) is 21.1. The highest BCUT2D eigenvalue weighted by Crippen LogP contribution is 2.46. The molecule has 1 aliphatic rings. The molecular weight excluding hydrogens is 400 g/mol. The highest BCUT2D eigenvalue weighted by Gasteiger charge is 2.28. The summed E-state index contributed by atoms with van der Waals surface area (Å²) in [5.41, 5.74) is 3.75. The molecule has 30 heavy (non-hydrogen) atoms. The molecule has 0 spiro atoms. The van der Waals surface area contributed by atoms with Gasteiger partial charge in [-0.15, -0.1) is 10.2 Å². The number of hydrogen-bond donors (Lipinski definition) is 0. The molecule has 0 aliphatic heterocycles. The standard InChI is InChI=1S/C24H23ClN2O3/c1-3-5-16-8-10-18(11-9-16)24(28)29-20-14-21(25)26-27-23(20)30-22-15(2)6-4-7-19(22)17-12-13-17/h4,6-11,14,17H,3,5,12-13H2,1-2H3. The topological polar surface area (TPSA) is 61.3 Å². The van der Waals surface area contributed by atoms with Crippen molar-refractivity contribution in [1.82, 2.24) is 10.2 Å². The van der Waals surface area contributed by atoms with E-state index in [2.05, 4.69) is 23.2 Å². The Morgan fingerprint density at radius 1 is 1.13 bits per heavy atom. The van der Waals surface area contributed by atoms with Crippen LogP contribution < -0.4 is 9.47 Å². The van der Waals surface area contributed by atoms with Crippen LogP contribution in [-0.2, 0) is 6.42 Å². The molecule has 4 rings (SSSR count). The number of nitrogens with zero attached hydrogens (tertiary/aromatic N) is 2. The van der Waals surface area contributed by atoms with Gasteiger partial charge in [0.05, 0.1) is 5.56 Å². The van der Waals surface area contributed by atoms with Crippen LogP contribution in [0.3, 0.4) is 0 Å². The second-order valence-corrected chi connectivity index (χ2v) is 7.93. The Hall–Kier alpha value is -2.92. The SMILES string of the molecule is CCCc1ccc(C(=O)Oc2cc(Cl)nnc2Oc2c(C)cccc2C2CC2)cc1. The van der Waals surface area contributed by atoms with Crippen molar-refractivity contribution in [3.8, 4) is 17.4 Å². The fourth-order valence-electron chi connectivity index (χ4n) is 3.37. The van der Waals surface area contributed by atoms with E-state index >= 15 is 0 Å². The van der Waals surface area contributed by atoms with Gasteiger partial charge in [-0.1, -0.05) is 55.3 Å². The number of aromatic nitrogens is 2. The third-order valence-corrected chi connectivity index (χ3v) is 5.27. The Bertz CT molecular complexity index is 1060. The molecule has 1 heterocycles. The minimum Gasteiger partial charge on any atom is -0.434 e. The number of ether oxygens (including phenoxy) is 2. The Labute approximate surface area is 181 Å². The van der Waals surface area contributed by atoms with Crippen LogP contribution in [0.2, 0.25) is 5.15 Å². The minimum absolute atomic E-state index is 0.117. The number of aryl methyl sites for hydroxylation is 2. The molecule has 1 fully saturated rings. The van der Waals surface area contributed by atoms with E-state index < -0.39 is 5.97 Å². The zero-order valence-corrected chi connectivity index (χ0v) is 17.8. The van der Waals surface area contributed by atoms with Gasteiger partial charge in [-0.3, -0.25) is 0 Å². The van der Waals surface area contributed by atoms with E-state index in [0.717, 1.165) is 42.6 Å². The van der Waals surface area contributed by atoms with Crippen molar-refractivity contribution in [2.24, 2.45) is 0 Å². The van der Waals surface area contributed by atoms with E-state index in [1.54, 1.807) is 12.1 Å². The lowest BCUT2D eigenvalue weighted by Crippen LogP contribution is -2.10. The highest BCUT2D eigenvalue weighted by molar-refractivity contribution is 6.29. The number of carbonyl (C=O) groups excluding carboxylic acids is 1. The number of hydrogen-bond acceptors (Lipinski definition) is 5. The molecule has 0 atom stereocenters. The second kappa shape index (κ2) is 8.84. The second-order valence-electron chi connectivity index (χ2n) is 7.54. The summed E-state index contributed by atoms with van der Waals surface area (Å²) in [6, 6.07) is 14.9. The summed E-state index contributed by atoms with van der Waals surface area (Å²) in [7, 11) is 0. The number of halogens is 1. The number of esters is 1. The van der Waals surface area contributed by atoms with Crippen molar-refractivity contribution in [3.05, 3.63) is 75.9 Å². The van der Waals surface area contributed by atoms with Crippen molar-refractivity contribution in [2.75, 3.05) is 0 Å². The maximum absolute atomic E-state index is 12.7. The molecule has 0 saturated heterocycles. The summed E-state index contributed by atoms with van der Waals surface area (Å²) in [5.74, 6) is 0.985. The molecule has 6 heteroatoms. The molecule has 2 aromatic carbocycles. The number of carbonyl (C=O) groups is 1. The van der Waals surface area contributed by atoms with Crippen molar-refractivity contribution in [2.45, 2.75) is 45.4 Å². The minimum atomic E-state index is -0.501. The van der Waals surface area contributed by atoms with Gasteiger partial charge in [0.25, 0.3) is 5.88 Å². The average Bonchev–Trinajstić information content (AvgIpc) is 3.57. The normalized spacial score (nSPS) is 13.2. The van der Waals surface area contributed by atoms with Gasteiger partial charge >= 0.3 is 5.97 Å². The molecule has 0 N–H and O–H groups in total. The maximum Gasteiger partial charge on any atom is 0.343 e. The highest BCUT2D eigenvalue weighted by atomic mass is 35.5. The van der Waals surface area contributed by atoms with E-state index in [1.165, 1.54) is 11.6 Å². The molecule has 1 aliphatic carbocycles. The van der Waals surface area contributed by atoms with Crippen molar-refractivity contribution >= 4 is 17.6 Å². The smallest absolute Gasteiger partial charge is 0.343 e. The van der Waals surface area contributed by atoms with Crippen LogP contribution in [0.4, 0.5) is 0 Å². The number of para-hydroxylation sites is 1. The fourth-order valence-corrected chi connectivity index (χ4v) is 3.50. The Morgan fingerprint density at radius 2 is 1.90 bits per heavy atom. The van der Waals surface area contributed by atoms with Gasteiger partial charge in [-0.2, -0.15) is 0 Å². The molecule has 0 bridgehead atoms. The van der Waals surface area contributed by atoms with E-state index in [4.69, 9.17) is 21.1 Å². The molecule has 0 unspecified atom stereocenters. The Balaban J connectivity index is 1.59. The van der Waals surface area contributed by atoms with Crippen LogP contribution in [-0.4, -0.2) is 16.2 Å². The third-order valence-electron chi connectivity index (χ3n) is 5.09. The van der Waals surface area contributed by atoms with Crippen molar-refractivity contribution in [3.63, 3.8) is 0 Å². The predicted molar refractivity (Wildman–Crippen MR) is 116 cm³/mol. The van der Waals surface area contributed by atoms with E-state index in [1.807, 2.05) is 31.2 Å². The summed E-state index contributed by atoms with van der Waals surface area (Å²) in [5, 5.41) is 8.03. The van der Waals surface area contributed by atoms with E-state index in [0.29, 0.717) is 11.5 Å². The van der Waals surface area contributed by atoms with E-state index in [9.17, 15) is 4.79 Å². The van der Waals surface area contributed by atoms with Crippen molar-refractivity contribution in [1.29, 1.82) is 0 Å². The first-order valence-corrected chi connectivity index (χ1v) is 10.5. The van der Waals surface area contributed by atoms with Crippen LogP contribution in [0.15, 0.2) is 48.5 Å². The molecule has 0 amide bonds. The molecule has 5 nitrogen and oxygen atoms in total. The first-order chi connectivity index (χ1) is 14.5. The molecule has 3 aromatic rings. The molecule has 1 aromatic heterocycles. The lowest BCUT2D eigenvalue weighted by atomic mass is 10.1. The van der Waals surface area contributed by atoms with Crippen LogP contribution in [0.25, 0.3) is 0 Å². The number of benzene rings is 2.